The van der Waals surface area contributed by atoms with Gasteiger partial charge in [0.2, 0.25) is 23.6 Å². The molecule has 3 fully saturated rings. The van der Waals surface area contributed by atoms with E-state index in [0.717, 1.165) is 24.3 Å². The van der Waals surface area contributed by atoms with Crippen LogP contribution in [0.5, 0.6) is 0 Å². The first kappa shape index (κ1) is 59.4. The van der Waals surface area contributed by atoms with Gasteiger partial charge in [-0.2, -0.15) is 4.98 Å². The first-order valence-corrected chi connectivity index (χ1v) is 30.1. The molecule has 6 aromatic rings. The number of H-pyrrole nitrogens is 2. The van der Waals surface area contributed by atoms with Gasteiger partial charge in [0.25, 0.3) is 17.1 Å². The number of carbonyl (C=O) groups is 1. The number of nitrogens with one attached hydrogen (secondary N) is 2. The first-order chi connectivity index (χ1) is 37.5. The van der Waals surface area contributed by atoms with E-state index in [1.807, 2.05) is 0 Å². The highest BCUT2D eigenvalue weighted by molar-refractivity contribution is 8.09. The molecule has 6 aromatic heterocycles. The highest BCUT2D eigenvalue weighted by atomic mass is 32.5. The van der Waals surface area contributed by atoms with Crippen molar-refractivity contribution in [1.29, 1.82) is 0 Å². The van der Waals surface area contributed by atoms with Crippen LogP contribution >= 0.6 is 30.2 Å². The molecule has 0 radical (unpaired) electrons. The maximum Gasteiger partial charge on any atom is 0.479 e. The minimum Gasteiger partial charge on any atom is -0.387 e. The second kappa shape index (κ2) is 22.5. The van der Waals surface area contributed by atoms with Crippen LogP contribution in [0, 0.1) is 5.92 Å². The van der Waals surface area contributed by atoms with Crippen molar-refractivity contribution in [2.24, 2.45) is 13.0 Å². The third-order valence-corrected chi connectivity index (χ3v) is 19.1. The fourth-order valence-electron chi connectivity index (χ4n) is 9.01. The lowest BCUT2D eigenvalue weighted by molar-refractivity contribution is -0.745. The molecule has 0 aromatic carbocycles. The van der Waals surface area contributed by atoms with Gasteiger partial charge in [0.1, 0.15) is 54.6 Å². The second-order valence-electron chi connectivity index (χ2n) is 18.1. The predicted molar refractivity (Wildman–Crippen MR) is 266 cm³/mol. The molecule has 1 amide bonds. The largest absolute Gasteiger partial charge is 0.479 e. The number of nitrogen functional groups attached to an aromatic ring is 3. The van der Waals surface area contributed by atoms with E-state index in [1.165, 1.54) is 52.4 Å². The van der Waals surface area contributed by atoms with Crippen LogP contribution in [0.3, 0.4) is 0 Å². The van der Waals surface area contributed by atoms with Gasteiger partial charge < -0.3 is 75.9 Å². The number of aliphatic hydroxyl groups is 3. The summed E-state index contributed by atoms with van der Waals surface area (Å²) in [5, 5.41) is 33.3. The van der Waals surface area contributed by atoms with E-state index in [-0.39, 0.29) is 51.2 Å². The predicted octanol–water partition coefficient (Wildman–Crippen LogP) is -3.86. The van der Waals surface area contributed by atoms with Gasteiger partial charge in [0.05, 0.1) is 45.6 Å². The van der Waals surface area contributed by atoms with Crippen molar-refractivity contribution >= 4 is 99.1 Å². The molecule has 9 rings (SSSR count). The summed E-state index contributed by atoms with van der Waals surface area (Å²) < 4.78 is 99.1. The molecule has 9 heterocycles. The Morgan fingerprint density at radius 3 is 2.01 bits per heavy atom. The fraction of sp³-hybridized carbons (Fsp3) is 0.556. The number of carbonyl (C=O) groups excluding carboxylic acids is 1. The molecule has 44 heteroatoms. The third kappa shape index (κ3) is 12.1. The normalized spacial score (nSPS) is 29.2. The van der Waals surface area contributed by atoms with Crippen LogP contribution in [0.15, 0.2) is 34.9 Å². The number of hydrogen-bond acceptors (Lipinski definition) is 29. The Hall–Kier alpha value is -5.22. The van der Waals surface area contributed by atoms with E-state index < -0.39 is 147 Å². The summed E-state index contributed by atoms with van der Waals surface area (Å²) in [7, 11) is -11.4. The second-order valence-corrected chi connectivity index (χ2v) is 25.6. The number of phosphoric ester groups is 3. The average Bonchev–Trinajstić information content (AvgIpc) is 4.23. The molecule has 438 valence electrons. The lowest BCUT2D eigenvalue weighted by Gasteiger charge is -2.26. The topological polar surface area (TPSA) is 545 Å². The molecule has 3 aliphatic heterocycles. The summed E-state index contributed by atoms with van der Waals surface area (Å²) in [5.74, 6) is -2.37. The molecule has 39 nitrogen and oxygen atoms in total. The van der Waals surface area contributed by atoms with E-state index in [1.54, 1.807) is 0 Å². The van der Waals surface area contributed by atoms with Gasteiger partial charge in [0.15, 0.2) is 41.4 Å². The molecule has 16 atom stereocenters. The van der Waals surface area contributed by atoms with Gasteiger partial charge in [0, 0.05) is 33.5 Å². The maximum absolute atomic E-state index is 13.8. The number of anilines is 3. The Kier molecular flexibility index (Phi) is 16.7. The van der Waals surface area contributed by atoms with Crippen molar-refractivity contribution in [3.8, 4) is 0 Å². The van der Waals surface area contributed by atoms with Gasteiger partial charge in [-0.1, -0.05) is 4.98 Å². The number of ether oxygens (including phenoxy) is 4. The standard InChI is InChI=1S/C36H50N16O23P4S/c1-48(2)17(53)5-13-14(70-32(21(13)54)52-12-49(3)20-29(52)45-36(39)47-31(20)58)6-68-77(61,62)74-79(65,80)75-78(63,64)69-8-16-24(25(66-4)34(72-16)50-10-42-18-26(37)40-9-41-27(18)50)73-76(59,60)67-7-15-22(55)23(56)33(71-15)51-11-43-19-28(51)44-35(38)46-30(19)57/h9-16,21-25,32-34,54-56H,5-8H2,1-4H3,(H11-,37,38,39,40,41,44,45,46,47,57,58,59,60,61,62,63,64,65,80)/p+1/t13-,14-,15-,16-,21-,22-,23-,24-,25-,32?,33-,34-,79?/m1/s1. The van der Waals surface area contributed by atoms with Gasteiger partial charge >= 0.3 is 35.8 Å². The summed E-state index contributed by atoms with van der Waals surface area (Å²) in [6.07, 6.45) is -13.4. The van der Waals surface area contributed by atoms with Crippen molar-refractivity contribution in [2.75, 3.05) is 58.2 Å². The SMILES string of the molecule is CO[C@@H]1[C@H](OP(=O)(O)OC[C@H]2O[C@@H](n3cnc4c(=O)[nH]c(N)nc43)[C@H](O)[C@@H]2O)[C@@H](COP(=O)(O)OP(O)(=S)OP(=O)(O)OC[C@H]2OC([n+]3cn(C)c4c(=O)[nH]c(N)nc43)[C@H](O)[C@@H]2CC(=O)N(C)C)O[C@H]1n1cnc2c(N)ncnc21. The van der Waals surface area contributed by atoms with E-state index in [4.69, 9.17) is 66.1 Å². The molecule has 3 saturated heterocycles. The first-order valence-electron chi connectivity index (χ1n) is 23.0. The lowest BCUT2D eigenvalue weighted by Crippen LogP contribution is -2.45. The molecule has 5 unspecified atom stereocenters. The molecular weight excluding hydrogens is 1180 g/mol. The number of phosphoric acid groups is 3. The van der Waals surface area contributed by atoms with E-state index in [2.05, 4.69) is 48.5 Å². The molecule has 0 saturated carbocycles. The lowest BCUT2D eigenvalue weighted by atomic mass is 9.94. The number of aromatic nitrogens is 12. The van der Waals surface area contributed by atoms with E-state index in [0.29, 0.717) is 0 Å². The number of imidazole rings is 3. The van der Waals surface area contributed by atoms with Crippen LogP contribution in [-0.2, 0) is 83.0 Å². The highest BCUT2D eigenvalue weighted by Gasteiger charge is 2.54. The van der Waals surface area contributed by atoms with Crippen LogP contribution in [0.25, 0.3) is 33.5 Å². The molecular formula is C36H51N16O23P4S+. The van der Waals surface area contributed by atoms with Crippen molar-refractivity contribution in [3.05, 3.63) is 46.0 Å². The average molecular weight is 1230 g/mol. The summed E-state index contributed by atoms with van der Waals surface area (Å²) in [6, 6.07) is 0. The number of rotatable bonds is 21. The molecule has 0 bridgehead atoms. The monoisotopic (exact) mass is 1230 g/mol. The zero-order chi connectivity index (χ0) is 58.1. The molecule has 80 heavy (non-hydrogen) atoms. The Morgan fingerprint density at radius 2 is 1.35 bits per heavy atom. The van der Waals surface area contributed by atoms with E-state index in [9.17, 15) is 63.0 Å². The summed E-state index contributed by atoms with van der Waals surface area (Å²) in [6.45, 7) is -8.52. The number of methoxy groups -OCH3 is 1. The summed E-state index contributed by atoms with van der Waals surface area (Å²) >= 11 is 4.79. The van der Waals surface area contributed by atoms with Crippen molar-refractivity contribution in [1.82, 2.24) is 58.5 Å². The number of aryl methyl sites for hydroxylation is 1. The fourth-order valence-corrected chi connectivity index (χ4v) is 15.0. The molecule has 0 spiro atoms. The quantitative estimate of drug-likeness (QED) is 0.0242. The van der Waals surface area contributed by atoms with Crippen LogP contribution in [0.1, 0.15) is 25.1 Å². The molecule has 0 aliphatic carbocycles. The number of aromatic amines is 2. The number of nitrogens with two attached hydrogens (primary N) is 3. The van der Waals surface area contributed by atoms with Gasteiger partial charge in [-0.25, -0.2) is 46.8 Å². The Balaban J connectivity index is 0.879. The van der Waals surface area contributed by atoms with Gasteiger partial charge in [-0.05, 0) is 11.8 Å². The number of aliphatic hydroxyl groups excluding tert-OH is 3. The van der Waals surface area contributed by atoms with Gasteiger partial charge in [-0.3, -0.25) is 56.1 Å². The zero-order valence-corrected chi connectivity index (χ0v) is 46.0. The smallest absolute Gasteiger partial charge is 0.387 e. The van der Waals surface area contributed by atoms with E-state index >= 15 is 0 Å². The number of amides is 1. The zero-order valence-electron chi connectivity index (χ0n) is 41.6. The number of nitrogens with zero attached hydrogens (tertiary/aromatic N) is 11. The Morgan fingerprint density at radius 1 is 0.762 bits per heavy atom. The van der Waals surface area contributed by atoms with Crippen molar-refractivity contribution in [3.63, 3.8) is 0 Å². The molecule has 3 aliphatic rings. The minimum atomic E-state index is -5.78. The summed E-state index contributed by atoms with van der Waals surface area (Å²) in [4.78, 5) is 112. The van der Waals surface area contributed by atoms with Crippen LogP contribution in [0.4, 0.5) is 17.7 Å². The van der Waals surface area contributed by atoms with Crippen molar-refractivity contribution in [2.45, 2.75) is 73.9 Å². The van der Waals surface area contributed by atoms with Crippen LogP contribution in [-0.4, -0.2) is 189 Å². The Bertz CT molecular complexity index is 3660. The maximum atomic E-state index is 13.8. The highest BCUT2D eigenvalue weighted by Crippen LogP contribution is 2.68. The van der Waals surface area contributed by atoms with Crippen LogP contribution in [0.2, 0.25) is 0 Å². The molecule has 15 N–H and O–H groups in total. The number of fused-ring (bicyclic) bond motifs is 3. The van der Waals surface area contributed by atoms with Crippen LogP contribution < -0.4 is 32.9 Å². The van der Waals surface area contributed by atoms with Gasteiger partial charge in [-0.15, -0.1) is 0 Å². The number of hydrogen-bond donors (Lipinski definition) is 12. The summed E-state index contributed by atoms with van der Waals surface area (Å²) in [5.41, 5.74) is 15.8. The van der Waals surface area contributed by atoms with Crippen molar-refractivity contribution < 1.29 is 104 Å². The minimum absolute atomic E-state index is 0.0142. The Labute approximate surface area is 451 Å². The third-order valence-electron chi connectivity index (χ3n) is 12.6.